The molecule has 7 heteroatoms. The zero-order valence-electron chi connectivity index (χ0n) is 11.9. The number of aromatic carboxylic acids is 1. The summed E-state index contributed by atoms with van der Waals surface area (Å²) in [4.78, 5) is 21.8. The lowest BCUT2D eigenvalue weighted by molar-refractivity contribution is -0.384. The van der Waals surface area contributed by atoms with Crippen molar-refractivity contribution < 1.29 is 24.3 Å². The van der Waals surface area contributed by atoms with Crippen LogP contribution in [0.2, 0.25) is 0 Å². The maximum Gasteiger partial charge on any atom is 0.336 e. The molecule has 2 aromatic rings. The van der Waals surface area contributed by atoms with Crippen molar-refractivity contribution in [1.29, 1.82) is 0 Å². The molecule has 0 amide bonds. The molecule has 2 rings (SSSR count). The molecule has 0 aliphatic rings. The lowest BCUT2D eigenvalue weighted by Crippen LogP contribution is -2.04. The standard InChI is InChI=1S/C15H13NO6/c1-21-12-6-4-3-5-10(12)14-11(15(17)18)7-9(16(19)20)8-13(14)22-2/h3-8H,1-2H3,(H,17,18). The lowest BCUT2D eigenvalue weighted by atomic mass is 9.97. The average molecular weight is 303 g/mol. The molecule has 0 aliphatic heterocycles. The number of carboxylic acids is 1. The predicted octanol–water partition coefficient (Wildman–Crippen LogP) is 2.98. The Morgan fingerprint density at radius 3 is 2.32 bits per heavy atom. The van der Waals surface area contributed by atoms with Crippen LogP contribution < -0.4 is 9.47 Å². The number of nitro benzene ring substituents is 1. The quantitative estimate of drug-likeness (QED) is 0.673. The number of rotatable bonds is 5. The molecular weight excluding hydrogens is 290 g/mol. The van der Waals surface area contributed by atoms with Gasteiger partial charge in [0.2, 0.25) is 0 Å². The second kappa shape index (κ2) is 6.13. The maximum absolute atomic E-state index is 11.5. The molecule has 7 nitrogen and oxygen atoms in total. The van der Waals surface area contributed by atoms with Crippen LogP contribution in [0, 0.1) is 10.1 Å². The van der Waals surface area contributed by atoms with E-state index in [9.17, 15) is 20.0 Å². The number of ether oxygens (including phenoxy) is 2. The fourth-order valence-corrected chi connectivity index (χ4v) is 2.16. The first-order valence-corrected chi connectivity index (χ1v) is 6.22. The van der Waals surface area contributed by atoms with E-state index in [1.165, 1.54) is 20.3 Å². The summed E-state index contributed by atoms with van der Waals surface area (Å²) >= 11 is 0. The molecule has 22 heavy (non-hydrogen) atoms. The number of nitrogens with zero attached hydrogens (tertiary/aromatic N) is 1. The molecule has 0 spiro atoms. The van der Waals surface area contributed by atoms with Crippen molar-refractivity contribution in [2.24, 2.45) is 0 Å². The fourth-order valence-electron chi connectivity index (χ4n) is 2.16. The molecule has 0 unspecified atom stereocenters. The van der Waals surface area contributed by atoms with Crippen molar-refractivity contribution >= 4 is 11.7 Å². The molecule has 2 aromatic carbocycles. The summed E-state index contributed by atoms with van der Waals surface area (Å²) in [5.74, 6) is -0.754. The average Bonchev–Trinajstić information content (AvgIpc) is 2.53. The highest BCUT2D eigenvalue weighted by Gasteiger charge is 2.24. The molecule has 0 bridgehead atoms. The van der Waals surface area contributed by atoms with E-state index in [4.69, 9.17) is 9.47 Å². The summed E-state index contributed by atoms with van der Waals surface area (Å²) < 4.78 is 10.4. The number of nitro groups is 1. The number of benzene rings is 2. The number of para-hydroxylation sites is 1. The van der Waals surface area contributed by atoms with Crippen LogP contribution in [-0.4, -0.2) is 30.2 Å². The normalized spacial score (nSPS) is 10.1. The van der Waals surface area contributed by atoms with E-state index in [0.29, 0.717) is 11.3 Å². The van der Waals surface area contributed by atoms with E-state index in [1.807, 2.05) is 0 Å². The lowest BCUT2D eigenvalue weighted by Gasteiger charge is -2.14. The maximum atomic E-state index is 11.5. The predicted molar refractivity (Wildman–Crippen MR) is 78.6 cm³/mol. The Morgan fingerprint density at radius 2 is 1.77 bits per heavy atom. The topological polar surface area (TPSA) is 98.9 Å². The summed E-state index contributed by atoms with van der Waals surface area (Å²) in [6.45, 7) is 0. The Balaban J connectivity index is 2.84. The molecule has 0 heterocycles. The largest absolute Gasteiger partial charge is 0.496 e. The van der Waals surface area contributed by atoms with Crippen LogP contribution in [0.5, 0.6) is 11.5 Å². The van der Waals surface area contributed by atoms with E-state index in [0.717, 1.165) is 6.07 Å². The number of non-ortho nitro benzene ring substituents is 1. The van der Waals surface area contributed by atoms with Crippen LogP contribution in [-0.2, 0) is 0 Å². The van der Waals surface area contributed by atoms with Gasteiger partial charge in [0.25, 0.3) is 5.69 Å². The van der Waals surface area contributed by atoms with Gasteiger partial charge in [0.15, 0.2) is 0 Å². The first-order valence-electron chi connectivity index (χ1n) is 6.22. The van der Waals surface area contributed by atoms with Gasteiger partial charge in [0.05, 0.1) is 30.8 Å². The summed E-state index contributed by atoms with van der Waals surface area (Å²) in [6, 6.07) is 8.97. The fraction of sp³-hybridized carbons (Fsp3) is 0.133. The van der Waals surface area contributed by atoms with Gasteiger partial charge in [0, 0.05) is 17.2 Å². The molecule has 0 aromatic heterocycles. The van der Waals surface area contributed by atoms with Crippen molar-refractivity contribution in [1.82, 2.24) is 0 Å². The van der Waals surface area contributed by atoms with Gasteiger partial charge in [-0.05, 0) is 6.07 Å². The number of carboxylic acid groups (broad SMARTS) is 1. The van der Waals surface area contributed by atoms with E-state index in [1.54, 1.807) is 24.3 Å². The van der Waals surface area contributed by atoms with Crippen LogP contribution >= 0.6 is 0 Å². The first kappa shape index (κ1) is 15.3. The Morgan fingerprint density at radius 1 is 1.14 bits per heavy atom. The van der Waals surface area contributed by atoms with Gasteiger partial charge in [-0.2, -0.15) is 0 Å². The van der Waals surface area contributed by atoms with Crippen LogP contribution in [0.15, 0.2) is 36.4 Å². The van der Waals surface area contributed by atoms with Crippen molar-refractivity contribution in [2.75, 3.05) is 14.2 Å². The van der Waals surface area contributed by atoms with Gasteiger partial charge in [0.1, 0.15) is 11.5 Å². The van der Waals surface area contributed by atoms with E-state index in [2.05, 4.69) is 0 Å². The zero-order valence-corrected chi connectivity index (χ0v) is 11.9. The van der Waals surface area contributed by atoms with Gasteiger partial charge < -0.3 is 14.6 Å². The minimum absolute atomic E-state index is 0.0936. The molecule has 0 aliphatic carbocycles. The molecule has 0 atom stereocenters. The van der Waals surface area contributed by atoms with Gasteiger partial charge in [-0.15, -0.1) is 0 Å². The molecule has 1 N–H and O–H groups in total. The number of hydrogen-bond acceptors (Lipinski definition) is 5. The Hall–Kier alpha value is -3.09. The van der Waals surface area contributed by atoms with Gasteiger partial charge in [-0.3, -0.25) is 10.1 Å². The van der Waals surface area contributed by atoms with Gasteiger partial charge in [-0.1, -0.05) is 18.2 Å². The van der Waals surface area contributed by atoms with Crippen LogP contribution in [0.25, 0.3) is 11.1 Å². The molecule has 0 fully saturated rings. The van der Waals surface area contributed by atoms with Gasteiger partial charge in [-0.25, -0.2) is 4.79 Å². The van der Waals surface area contributed by atoms with Crippen molar-refractivity contribution in [3.63, 3.8) is 0 Å². The van der Waals surface area contributed by atoms with Crippen molar-refractivity contribution in [3.05, 3.63) is 52.1 Å². The summed E-state index contributed by atoms with van der Waals surface area (Å²) in [7, 11) is 2.78. The zero-order chi connectivity index (χ0) is 16.3. The minimum Gasteiger partial charge on any atom is -0.496 e. The van der Waals surface area contributed by atoms with Crippen LogP contribution in [0.3, 0.4) is 0 Å². The Bertz CT molecular complexity index is 741. The second-order valence-electron chi connectivity index (χ2n) is 4.33. The van der Waals surface area contributed by atoms with Crippen LogP contribution in [0.1, 0.15) is 10.4 Å². The van der Waals surface area contributed by atoms with Crippen molar-refractivity contribution in [2.45, 2.75) is 0 Å². The van der Waals surface area contributed by atoms with Gasteiger partial charge >= 0.3 is 5.97 Å². The highest BCUT2D eigenvalue weighted by Crippen LogP contribution is 2.41. The third kappa shape index (κ3) is 2.69. The van der Waals surface area contributed by atoms with E-state index < -0.39 is 10.9 Å². The monoisotopic (exact) mass is 303 g/mol. The summed E-state index contributed by atoms with van der Waals surface area (Å²) in [6.07, 6.45) is 0. The van der Waals surface area contributed by atoms with E-state index >= 15 is 0 Å². The molecular formula is C15H13NO6. The second-order valence-corrected chi connectivity index (χ2v) is 4.33. The third-order valence-electron chi connectivity index (χ3n) is 3.12. The molecule has 0 radical (unpaired) electrons. The van der Waals surface area contributed by atoms with Crippen LogP contribution in [0.4, 0.5) is 5.69 Å². The smallest absolute Gasteiger partial charge is 0.336 e. The molecule has 114 valence electrons. The Kier molecular flexibility index (Phi) is 4.26. The number of hydrogen-bond donors (Lipinski definition) is 1. The highest BCUT2D eigenvalue weighted by molar-refractivity contribution is 6.00. The molecule has 0 saturated carbocycles. The first-order chi connectivity index (χ1) is 10.5. The van der Waals surface area contributed by atoms with E-state index in [-0.39, 0.29) is 22.6 Å². The summed E-state index contributed by atoms with van der Waals surface area (Å²) in [5, 5.41) is 20.3. The minimum atomic E-state index is -1.29. The number of methoxy groups -OCH3 is 2. The number of carbonyl (C=O) groups is 1. The Labute approximate surface area is 125 Å². The third-order valence-corrected chi connectivity index (χ3v) is 3.12. The SMILES string of the molecule is COc1ccccc1-c1c(OC)cc([N+](=O)[O-])cc1C(=O)O. The molecule has 0 saturated heterocycles. The highest BCUT2D eigenvalue weighted by atomic mass is 16.6. The summed E-state index contributed by atoms with van der Waals surface area (Å²) in [5.41, 5.74) is 0.135. The van der Waals surface area contributed by atoms with Crippen molar-refractivity contribution in [3.8, 4) is 22.6 Å².